The van der Waals surface area contributed by atoms with Crippen LogP contribution in [0.4, 0.5) is 21.7 Å². The Kier molecular flexibility index (Phi) is 13.2. The summed E-state index contributed by atoms with van der Waals surface area (Å²) in [5.74, 6) is 1.06. The van der Waals surface area contributed by atoms with Gasteiger partial charge in [-0.15, -0.1) is 0 Å². The van der Waals surface area contributed by atoms with E-state index in [0.29, 0.717) is 47.5 Å². The van der Waals surface area contributed by atoms with Crippen LogP contribution in [0.3, 0.4) is 0 Å². The molecule has 0 saturated carbocycles. The fourth-order valence-corrected chi connectivity index (χ4v) is 5.75. The van der Waals surface area contributed by atoms with Crippen molar-refractivity contribution in [1.82, 2.24) is 25.1 Å². The number of carbonyl (C=O) groups excluding carboxylic acids is 1. The lowest BCUT2D eigenvalue weighted by Crippen LogP contribution is -2.30. The number of hydrogen-bond donors (Lipinski definition) is 3. The number of likely N-dealkylation sites (N-methyl/N-ethyl adjacent to an activating group) is 1. The molecule has 260 valence electrons. The van der Waals surface area contributed by atoms with Crippen molar-refractivity contribution >= 4 is 42.7 Å². The van der Waals surface area contributed by atoms with Crippen LogP contribution in [-0.4, -0.2) is 75.0 Å². The first-order valence-electron chi connectivity index (χ1n) is 16.0. The molecule has 0 radical (unpaired) electrons. The van der Waals surface area contributed by atoms with Gasteiger partial charge in [-0.05, 0) is 84.8 Å². The van der Waals surface area contributed by atoms with Crippen molar-refractivity contribution in [3.8, 4) is 5.75 Å². The van der Waals surface area contributed by atoms with Crippen LogP contribution >= 0.6 is 8.60 Å². The second kappa shape index (κ2) is 17.1. The summed E-state index contributed by atoms with van der Waals surface area (Å²) >= 11 is 0. The second-order valence-corrected chi connectivity index (χ2v) is 14.2. The van der Waals surface area contributed by atoms with Gasteiger partial charge in [-0.2, -0.15) is 5.10 Å². The number of halogens is 1. The molecule has 14 heteroatoms. The molecule has 0 aliphatic rings. The van der Waals surface area contributed by atoms with Gasteiger partial charge in [0.25, 0.3) is 0 Å². The van der Waals surface area contributed by atoms with Crippen molar-refractivity contribution in [2.24, 2.45) is 0 Å². The number of nitrogens with zero attached hydrogens (tertiary/aromatic N) is 4. The van der Waals surface area contributed by atoms with Gasteiger partial charge in [-0.3, -0.25) is 9.89 Å². The van der Waals surface area contributed by atoms with Crippen LogP contribution < -0.4 is 15.4 Å². The van der Waals surface area contributed by atoms with E-state index in [9.17, 15) is 9.18 Å². The fraction of sp³-hybridized carbons (Fsp3) is 0.471. The van der Waals surface area contributed by atoms with Crippen LogP contribution in [-0.2, 0) is 24.8 Å². The number of rotatable bonds is 17. The Morgan fingerprint density at radius 1 is 0.979 bits per heavy atom. The van der Waals surface area contributed by atoms with Crippen molar-refractivity contribution in [3.05, 3.63) is 66.4 Å². The largest absolute Gasteiger partial charge is 0.493 e. The van der Waals surface area contributed by atoms with E-state index in [1.807, 2.05) is 59.7 Å². The maximum absolute atomic E-state index is 13.4. The van der Waals surface area contributed by atoms with E-state index in [0.717, 1.165) is 31.4 Å². The Hall–Kier alpha value is -3.74. The smallest absolute Gasteiger partial charge is 0.333 e. The van der Waals surface area contributed by atoms with Crippen LogP contribution in [0.5, 0.6) is 5.75 Å². The van der Waals surface area contributed by atoms with E-state index in [2.05, 4.69) is 42.6 Å². The number of hydrogen-bond acceptors (Lipinski definition) is 10. The average molecular weight is 684 g/mol. The van der Waals surface area contributed by atoms with Gasteiger partial charge < -0.3 is 33.8 Å². The summed E-state index contributed by atoms with van der Waals surface area (Å²) in [6.45, 7) is 17.7. The summed E-state index contributed by atoms with van der Waals surface area (Å²) < 4.78 is 37.5. The summed E-state index contributed by atoms with van der Waals surface area (Å²) in [4.78, 5) is 23.5. The van der Waals surface area contributed by atoms with E-state index in [1.165, 1.54) is 24.5 Å². The Morgan fingerprint density at radius 2 is 1.75 bits per heavy atom. The highest BCUT2D eigenvalue weighted by molar-refractivity contribution is 7.41. The topological polar surface area (TPSA) is 136 Å². The zero-order valence-corrected chi connectivity index (χ0v) is 29.7. The van der Waals surface area contributed by atoms with Crippen molar-refractivity contribution < 1.29 is 27.5 Å². The zero-order valence-electron chi connectivity index (χ0n) is 28.8. The molecule has 1 amide bonds. The first-order chi connectivity index (χ1) is 22.8. The molecule has 0 aliphatic heterocycles. The van der Waals surface area contributed by atoms with E-state index in [4.69, 9.17) is 18.3 Å². The minimum absolute atomic E-state index is 0.0419. The van der Waals surface area contributed by atoms with Crippen LogP contribution in [0.25, 0.3) is 10.9 Å². The fourth-order valence-electron chi connectivity index (χ4n) is 4.48. The second-order valence-electron chi connectivity index (χ2n) is 13.1. The third-order valence-corrected chi connectivity index (χ3v) is 8.37. The molecule has 0 bridgehead atoms. The van der Waals surface area contributed by atoms with Gasteiger partial charge in [0.05, 0.1) is 36.4 Å². The van der Waals surface area contributed by atoms with Gasteiger partial charge in [0.2, 0.25) is 5.91 Å². The summed E-state index contributed by atoms with van der Waals surface area (Å²) in [7, 11) is -1.46. The molecule has 3 N–H and O–H groups in total. The van der Waals surface area contributed by atoms with Crippen molar-refractivity contribution in [2.75, 3.05) is 43.5 Å². The third-order valence-electron chi connectivity index (χ3n) is 6.58. The highest BCUT2D eigenvalue weighted by atomic mass is 31.2. The molecule has 0 unspecified atom stereocenters. The van der Waals surface area contributed by atoms with E-state index in [-0.39, 0.29) is 23.5 Å². The number of fused-ring (bicyclic) bond motifs is 1. The molecular weight excluding hydrogens is 636 g/mol. The number of nitrogens with one attached hydrogen (secondary N) is 3. The number of aromatic nitrogens is 4. The van der Waals surface area contributed by atoms with Crippen LogP contribution in [0.15, 0.2) is 54.9 Å². The Balaban J connectivity index is 1.24. The number of amides is 1. The van der Waals surface area contributed by atoms with Crippen molar-refractivity contribution in [1.29, 1.82) is 0 Å². The molecule has 2 aromatic heterocycles. The summed E-state index contributed by atoms with van der Waals surface area (Å²) in [6, 6.07) is 13.1. The summed E-state index contributed by atoms with van der Waals surface area (Å²) in [5, 5.41) is 13.8. The molecule has 2 heterocycles. The Bertz CT molecular complexity index is 1610. The van der Waals surface area contributed by atoms with Gasteiger partial charge in [0, 0.05) is 42.0 Å². The first-order valence-corrected chi connectivity index (χ1v) is 17.1. The van der Waals surface area contributed by atoms with Gasteiger partial charge in [0.15, 0.2) is 5.82 Å². The van der Waals surface area contributed by atoms with Gasteiger partial charge in [-0.1, -0.05) is 13.0 Å². The monoisotopic (exact) mass is 683 g/mol. The molecule has 0 saturated heterocycles. The summed E-state index contributed by atoms with van der Waals surface area (Å²) in [5.41, 5.74) is 0.979. The van der Waals surface area contributed by atoms with E-state index >= 15 is 0 Å². The molecular formula is C34H47FN7O5P. The Morgan fingerprint density at radius 3 is 2.46 bits per heavy atom. The maximum atomic E-state index is 13.4. The first kappa shape index (κ1) is 37.1. The summed E-state index contributed by atoms with van der Waals surface area (Å²) in [6.07, 6.45) is 2.36. The van der Waals surface area contributed by atoms with Gasteiger partial charge >= 0.3 is 8.60 Å². The molecule has 4 aromatic rings. The third kappa shape index (κ3) is 12.7. The van der Waals surface area contributed by atoms with Crippen LogP contribution in [0.1, 0.15) is 60.6 Å². The molecule has 4 rings (SSSR count). The minimum Gasteiger partial charge on any atom is -0.493 e. The van der Waals surface area contributed by atoms with Gasteiger partial charge in [-0.25, -0.2) is 14.4 Å². The molecule has 12 nitrogen and oxygen atoms in total. The lowest BCUT2D eigenvalue weighted by molar-refractivity contribution is -0.115. The lowest BCUT2D eigenvalue weighted by Gasteiger charge is -2.31. The molecule has 0 aliphatic carbocycles. The van der Waals surface area contributed by atoms with Crippen LogP contribution in [0.2, 0.25) is 0 Å². The van der Waals surface area contributed by atoms with Gasteiger partial charge in [0.1, 0.15) is 23.7 Å². The zero-order chi connectivity index (χ0) is 34.7. The average Bonchev–Trinajstić information content (AvgIpc) is 3.42. The van der Waals surface area contributed by atoms with Crippen molar-refractivity contribution in [3.63, 3.8) is 0 Å². The number of H-pyrrole nitrogens is 1. The number of aromatic amines is 1. The lowest BCUT2D eigenvalue weighted by atomic mass is 10.2. The highest BCUT2D eigenvalue weighted by Crippen LogP contribution is 2.47. The van der Waals surface area contributed by atoms with E-state index in [1.54, 1.807) is 12.1 Å². The Labute approximate surface area is 283 Å². The predicted molar refractivity (Wildman–Crippen MR) is 187 cm³/mol. The SMILES string of the molecule is CCN(CCCOc1ccc2c(Nc3cc(CC(=O)Nc4cccc(F)c4)[nH]n3)ncnc2c1)CCOP(OC(C)(C)C)OC(C)(C)C. The molecule has 0 atom stereocenters. The predicted octanol–water partition coefficient (Wildman–Crippen LogP) is 7.38. The normalized spacial score (nSPS) is 12.2. The quantitative estimate of drug-likeness (QED) is 0.0764. The molecule has 2 aromatic carbocycles. The number of carbonyl (C=O) groups is 1. The minimum atomic E-state index is -1.46. The number of benzene rings is 2. The number of ether oxygens (including phenoxy) is 1. The van der Waals surface area contributed by atoms with Crippen molar-refractivity contribution in [2.45, 2.75) is 72.5 Å². The maximum Gasteiger partial charge on any atom is 0.333 e. The highest BCUT2D eigenvalue weighted by Gasteiger charge is 2.27. The number of anilines is 3. The molecule has 0 spiro atoms. The van der Waals surface area contributed by atoms with E-state index < -0.39 is 14.4 Å². The molecule has 48 heavy (non-hydrogen) atoms. The standard InChI is InChI=1S/C34H47FN7O5P/c1-8-42(16-18-45-48(46-33(2,3)4)47-34(5,6)7)15-10-17-44-27-13-14-28-29(22-27)36-23-37-32(28)39-30-20-26(40-41-30)21-31(43)38-25-12-9-11-24(35)19-25/h9,11-14,19-20,22-23H,8,10,15-18,21H2,1-7H3,(H,38,43)(H2,36,37,39,40,41). The van der Waals surface area contributed by atoms with Crippen LogP contribution in [0, 0.1) is 5.82 Å². The molecule has 0 fully saturated rings.